The maximum atomic E-state index is 9.46. The average Bonchev–Trinajstić information content (AvgIpc) is 3.20. The summed E-state index contributed by atoms with van der Waals surface area (Å²) >= 11 is 0. The molecule has 2 aromatic heterocycles. The molecule has 0 fully saturated rings. The van der Waals surface area contributed by atoms with Gasteiger partial charge in [-0.05, 0) is 89.6 Å². The second-order valence-corrected chi connectivity index (χ2v) is 12.4. The van der Waals surface area contributed by atoms with Crippen LogP contribution in [0.1, 0.15) is 11.1 Å². The molecule has 0 aliphatic carbocycles. The van der Waals surface area contributed by atoms with Gasteiger partial charge in [0.2, 0.25) is 0 Å². The Morgan fingerprint density at radius 2 is 0.700 bits per heavy atom. The molecule has 2 heterocycles. The lowest BCUT2D eigenvalue weighted by molar-refractivity contribution is 1.31. The highest BCUT2D eigenvalue weighted by Gasteiger charge is 2.21. The molecule has 50 heavy (non-hydrogen) atoms. The van der Waals surface area contributed by atoms with Gasteiger partial charge in [-0.2, -0.15) is 10.5 Å². The SMILES string of the molecule is N#Cc1ccnc(-c2ccc(-c3c4ccccc4c(-c4ccc(-c5cc(C#N)ccn5)cc4)c4c5ccccc5c5ccccc5c34)cc2)c1. The predicted molar refractivity (Wildman–Crippen MR) is 203 cm³/mol. The molecule has 0 atom stereocenters. The molecule has 0 unspecified atom stereocenters. The van der Waals surface area contributed by atoms with E-state index >= 15 is 0 Å². The standard InChI is InChI=1S/C46H26N4/c47-27-29-21-23-49-41(25-29)31-13-17-33(18-14-31)43-39-11-5-6-12-40(39)44(34-19-15-32(16-20-34)42-26-30(28-48)22-24-50-42)46-38-10-4-2-8-36(38)35-7-1-3-9-37(35)45(43)46/h1-26H. The number of nitriles is 2. The Morgan fingerprint density at radius 1 is 0.360 bits per heavy atom. The third kappa shape index (κ3) is 4.67. The molecule has 9 rings (SSSR count). The van der Waals surface area contributed by atoms with Gasteiger partial charge in [0.15, 0.2) is 0 Å². The lowest BCUT2D eigenvalue weighted by Gasteiger charge is -2.21. The number of fused-ring (bicyclic) bond motifs is 7. The molecule has 0 aliphatic rings. The minimum atomic E-state index is 0.588. The van der Waals surface area contributed by atoms with E-state index in [0.29, 0.717) is 11.1 Å². The Balaban J connectivity index is 1.37. The molecule has 7 aromatic carbocycles. The second-order valence-electron chi connectivity index (χ2n) is 12.4. The third-order valence-electron chi connectivity index (χ3n) is 9.62. The molecule has 0 saturated carbocycles. The summed E-state index contributed by atoms with van der Waals surface area (Å²) in [5, 5.41) is 28.5. The Bertz CT molecular complexity index is 2680. The van der Waals surface area contributed by atoms with E-state index in [9.17, 15) is 10.5 Å². The van der Waals surface area contributed by atoms with Crippen LogP contribution in [-0.2, 0) is 0 Å². The van der Waals surface area contributed by atoms with Crippen molar-refractivity contribution in [2.75, 3.05) is 0 Å². The fourth-order valence-corrected chi connectivity index (χ4v) is 7.38. The topological polar surface area (TPSA) is 73.4 Å². The van der Waals surface area contributed by atoms with Gasteiger partial charge < -0.3 is 0 Å². The van der Waals surface area contributed by atoms with Crippen molar-refractivity contribution in [2.45, 2.75) is 0 Å². The van der Waals surface area contributed by atoms with Gasteiger partial charge in [-0.3, -0.25) is 9.97 Å². The number of aromatic nitrogens is 2. The number of benzene rings is 7. The minimum Gasteiger partial charge on any atom is -0.256 e. The molecule has 4 nitrogen and oxygen atoms in total. The molecule has 0 aliphatic heterocycles. The molecule has 0 bridgehead atoms. The van der Waals surface area contributed by atoms with Crippen LogP contribution in [0.15, 0.2) is 158 Å². The third-order valence-corrected chi connectivity index (χ3v) is 9.62. The van der Waals surface area contributed by atoms with E-state index in [0.717, 1.165) is 33.6 Å². The number of rotatable bonds is 4. The monoisotopic (exact) mass is 634 g/mol. The van der Waals surface area contributed by atoms with E-state index in [1.165, 1.54) is 54.2 Å². The molecule has 0 amide bonds. The van der Waals surface area contributed by atoms with E-state index in [1.54, 1.807) is 24.5 Å². The van der Waals surface area contributed by atoms with Crippen LogP contribution >= 0.6 is 0 Å². The molecular formula is C46H26N4. The van der Waals surface area contributed by atoms with Crippen LogP contribution < -0.4 is 0 Å². The molecule has 230 valence electrons. The number of hydrogen-bond acceptors (Lipinski definition) is 4. The minimum absolute atomic E-state index is 0.588. The maximum absolute atomic E-state index is 9.46. The van der Waals surface area contributed by atoms with Crippen molar-refractivity contribution >= 4 is 43.1 Å². The smallest absolute Gasteiger partial charge is 0.0992 e. The van der Waals surface area contributed by atoms with Crippen LogP contribution in [0, 0.1) is 22.7 Å². The summed E-state index contributed by atoms with van der Waals surface area (Å²) in [6.07, 6.45) is 3.37. The van der Waals surface area contributed by atoms with Crippen molar-refractivity contribution in [1.82, 2.24) is 9.97 Å². The summed E-state index contributed by atoms with van der Waals surface area (Å²) in [4.78, 5) is 9.09. The highest BCUT2D eigenvalue weighted by atomic mass is 14.7. The van der Waals surface area contributed by atoms with Gasteiger partial charge in [0.1, 0.15) is 0 Å². The van der Waals surface area contributed by atoms with E-state index in [2.05, 4.69) is 143 Å². The van der Waals surface area contributed by atoms with Crippen molar-refractivity contribution in [3.05, 3.63) is 169 Å². The van der Waals surface area contributed by atoms with Crippen molar-refractivity contribution < 1.29 is 0 Å². The first kappa shape index (κ1) is 29.0. The summed E-state index contributed by atoms with van der Waals surface area (Å²) in [5.74, 6) is 0. The first-order valence-electron chi connectivity index (χ1n) is 16.4. The van der Waals surface area contributed by atoms with Crippen LogP contribution in [0.3, 0.4) is 0 Å². The molecule has 0 N–H and O–H groups in total. The van der Waals surface area contributed by atoms with E-state index in [-0.39, 0.29) is 0 Å². The van der Waals surface area contributed by atoms with E-state index in [1.807, 2.05) is 12.1 Å². The Kier molecular flexibility index (Phi) is 6.87. The zero-order valence-corrected chi connectivity index (χ0v) is 26.8. The number of pyridine rings is 2. The Hall–Kier alpha value is -7.14. The summed E-state index contributed by atoms with van der Waals surface area (Å²) in [5.41, 5.74) is 9.22. The summed E-state index contributed by atoms with van der Waals surface area (Å²) in [6.45, 7) is 0. The molecular weight excluding hydrogens is 609 g/mol. The quantitative estimate of drug-likeness (QED) is 0.143. The fraction of sp³-hybridized carbons (Fsp3) is 0. The maximum Gasteiger partial charge on any atom is 0.0992 e. The first-order chi connectivity index (χ1) is 24.7. The van der Waals surface area contributed by atoms with Crippen molar-refractivity contribution in [3.8, 4) is 56.9 Å². The van der Waals surface area contributed by atoms with Gasteiger partial charge in [0.05, 0.1) is 34.7 Å². The zero-order valence-electron chi connectivity index (χ0n) is 26.8. The van der Waals surface area contributed by atoms with E-state index < -0.39 is 0 Å². The van der Waals surface area contributed by atoms with E-state index in [4.69, 9.17) is 0 Å². The number of hydrogen-bond donors (Lipinski definition) is 0. The summed E-state index contributed by atoms with van der Waals surface area (Å²) < 4.78 is 0. The van der Waals surface area contributed by atoms with Crippen LogP contribution in [0.25, 0.3) is 87.9 Å². The van der Waals surface area contributed by atoms with Gasteiger partial charge in [-0.25, -0.2) is 0 Å². The van der Waals surface area contributed by atoms with Gasteiger partial charge in [0.25, 0.3) is 0 Å². The average molecular weight is 635 g/mol. The van der Waals surface area contributed by atoms with Crippen LogP contribution in [-0.4, -0.2) is 9.97 Å². The Morgan fingerprint density at radius 3 is 1.08 bits per heavy atom. The predicted octanol–water partition coefficient (Wildman–Crippen LogP) is 11.5. The molecule has 4 heteroatoms. The lowest BCUT2D eigenvalue weighted by atomic mass is 9.81. The molecule has 0 spiro atoms. The Labute approximate surface area is 288 Å². The van der Waals surface area contributed by atoms with Crippen LogP contribution in [0.5, 0.6) is 0 Å². The lowest BCUT2D eigenvalue weighted by Crippen LogP contribution is -1.94. The van der Waals surface area contributed by atoms with Crippen molar-refractivity contribution in [2.24, 2.45) is 0 Å². The van der Waals surface area contributed by atoms with Gasteiger partial charge in [-0.1, -0.05) is 121 Å². The van der Waals surface area contributed by atoms with Crippen LogP contribution in [0.4, 0.5) is 0 Å². The highest BCUT2D eigenvalue weighted by Crippen LogP contribution is 2.49. The largest absolute Gasteiger partial charge is 0.256 e. The molecule has 9 aromatic rings. The number of nitrogens with zero attached hydrogens (tertiary/aromatic N) is 4. The molecule has 0 radical (unpaired) electrons. The van der Waals surface area contributed by atoms with Crippen molar-refractivity contribution in [3.63, 3.8) is 0 Å². The summed E-state index contributed by atoms with van der Waals surface area (Å²) in [7, 11) is 0. The van der Waals surface area contributed by atoms with Gasteiger partial charge in [-0.15, -0.1) is 0 Å². The summed E-state index contributed by atoms with van der Waals surface area (Å²) in [6, 6.07) is 54.8. The van der Waals surface area contributed by atoms with Crippen LogP contribution in [0.2, 0.25) is 0 Å². The fourth-order valence-electron chi connectivity index (χ4n) is 7.38. The van der Waals surface area contributed by atoms with Crippen molar-refractivity contribution in [1.29, 1.82) is 10.5 Å². The molecule has 0 saturated heterocycles. The normalized spacial score (nSPS) is 11.2. The zero-order chi connectivity index (χ0) is 33.6. The van der Waals surface area contributed by atoms with Gasteiger partial charge in [0, 0.05) is 23.5 Å². The second kappa shape index (κ2) is 11.8. The van der Waals surface area contributed by atoms with Gasteiger partial charge >= 0.3 is 0 Å². The highest BCUT2D eigenvalue weighted by molar-refractivity contribution is 6.36. The first-order valence-corrected chi connectivity index (χ1v) is 16.4.